The number of aromatic nitrogens is 2. The second kappa shape index (κ2) is 5.82. The molecule has 1 aromatic carbocycles. The molecule has 110 valence electrons. The molecule has 1 aromatic heterocycles. The molecule has 0 spiro atoms. The molecule has 1 saturated heterocycles. The number of hydrogen-bond acceptors (Lipinski definition) is 4. The minimum atomic E-state index is 0.252. The third-order valence-corrected chi connectivity index (χ3v) is 3.90. The molecule has 4 heteroatoms. The van der Waals surface area contributed by atoms with Crippen LogP contribution in [0.4, 0.5) is 5.82 Å². The fourth-order valence-electron chi connectivity index (χ4n) is 2.62. The lowest BCUT2D eigenvalue weighted by atomic mass is 10.1. The molecule has 4 nitrogen and oxygen atoms in total. The molecule has 1 atom stereocenters. The van der Waals surface area contributed by atoms with Crippen LogP contribution in [0.3, 0.4) is 0 Å². The molecule has 2 heterocycles. The lowest BCUT2D eigenvalue weighted by Gasteiger charge is -2.19. The van der Waals surface area contributed by atoms with Crippen LogP contribution in [0.1, 0.15) is 31.9 Å². The van der Waals surface area contributed by atoms with Crippen molar-refractivity contribution < 1.29 is 0 Å². The van der Waals surface area contributed by atoms with Crippen LogP contribution in [0.2, 0.25) is 0 Å². The number of nitrogens with two attached hydrogens (primary N) is 1. The van der Waals surface area contributed by atoms with Gasteiger partial charge >= 0.3 is 0 Å². The van der Waals surface area contributed by atoms with Crippen LogP contribution in [-0.4, -0.2) is 29.1 Å². The van der Waals surface area contributed by atoms with E-state index in [1.165, 1.54) is 0 Å². The number of nitrogens with zero attached hydrogens (tertiary/aromatic N) is 3. The molecule has 2 aromatic rings. The lowest BCUT2D eigenvalue weighted by molar-refractivity contribution is 0.750. The first-order valence-corrected chi connectivity index (χ1v) is 7.58. The van der Waals surface area contributed by atoms with Gasteiger partial charge in [-0.3, -0.25) is 0 Å². The maximum atomic E-state index is 6.02. The third-order valence-electron chi connectivity index (χ3n) is 3.90. The van der Waals surface area contributed by atoms with Gasteiger partial charge in [-0.2, -0.15) is 0 Å². The summed E-state index contributed by atoms with van der Waals surface area (Å²) in [6.07, 6.45) is 1.03. The number of rotatable bonds is 3. The molecule has 1 aliphatic rings. The van der Waals surface area contributed by atoms with E-state index in [4.69, 9.17) is 15.7 Å². The molecule has 1 unspecified atom stereocenters. The molecule has 3 rings (SSSR count). The summed E-state index contributed by atoms with van der Waals surface area (Å²) in [5, 5.41) is 0. The Morgan fingerprint density at radius 3 is 2.57 bits per heavy atom. The van der Waals surface area contributed by atoms with Crippen LogP contribution in [0.25, 0.3) is 11.4 Å². The van der Waals surface area contributed by atoms with Crippen LogP contribution < -0.4 is 10.6 Å². The Labute approximate surface area is 126 Å². The second-order valence-corrected chi connectivity index (χ2v) is 5.99. The van der Waals surface area contributed by atoms with E-state index < -0.39 is 0 Å². The van der Waals surface area contributed by atoms with Gasteiger partial charge in [-0.25, -0.2) is 9.97 Å². The lowest BCUT2D eigenvalue weighted by Crippen LogP contribution is -2.27. The highest BCUT2D eigenvalue weighted by Gasteiger charge is 2.22. The van der Waals surface area contributed by atoms with Gasteiger partial charge < -0.3 is 10.6 Å². The fourth-order valence-corrected chi connectivity index (χ4v) is 2.62. The van der Waals surface area contributed by atoms with Gasteiger partial charge in [-0.1, -0.05) is 44.2 Å². The van der Waals surface area contributed by atoms with Gasteiger partial charge in [0.05, 0.1) is 0 Å². The summed E-state index contributed by atoms with van der Waals surface area (Å²) >= 11 is 0. The predicted octanol–water partition coefficient (Wildman–Crippen LogP) is 2.80. The van der Waals surface area contributed by atoms with E-state index >= 15 is 0 Å². The van der Waals surface area contributed by atoms with E-state index in [0.717, 1.165) is 42.4 Å². The molecule has 0 saturated carbocycles. The molecular weight excluding hydrogens is 260 g/mol. The zero-order valence-electron chi connectivity index (χ0n) is 12.7. The molecule has 1 fully saturated rings. The first-order chi connectivity index (χ1) is 10.1. The summed E-state index contributed by atoms with van der Waals surface area (Å²) in [4.78, 5) is 11.8. The molecular formula is C17H22N4. The Morgan fingerprint density at radius 2 is 1.95 bits per heavy atom. The Bertz CT molecular complexity index is 609. The van der Waals surface area contributed by atoms with Crippen molar-refractivity contribution in [1.29, 1.82) is 0 Å². The smallest absolute Gasteiger partial charge is 0.161 e. The van der Waals surface area contributed by atoms with Crippen molar-refractivity contribution in [3.8, 4) is 11.4 Å². The Kier molecular flexibility index (Phi) is 3.88. The summed E-state index contributed by atoms with van der Waals surface area (Å²) in [6.45, 7) is 6.18. The number of hydrogen-bond donors (Lipinski definition) is 1. The summed E-state index contributed by atoms with van der Waals surface area (Å²) in [5.41, 5.74) is 8.17. The Balaban J connectivity index is 2.02. The van der Waals surface area contributed by atoms with Crippen LogP contribution in [0, 0.1) is 0 Å². The van der Waals surface area contributed by atoms with Crippen molar-refractivity contribution in [3.05, 3.63) is 42.1 Å². The van der Waals surface area contributed by atoms with E-state index in [2.05, 4.69) is 36.9 Å². The first-order valence-electron chi connectivity index (χ1n) is 7.58. The maximum absolute atomic E-state index is 6.02. The average Bonchev–Trinajstić information content (AvgIpc) is 2.94. The van der Waals surface area contributed by atoms with E-state index in [9.17, 15) is 0 Å². The molecule has 0 amide bonds. The van der Waals surface area contributed by atoms with Gasteiger partial charge in [-0.15, -0.1) is 0 Å². The van der Waals surface area contributed by atoms with E-state index in [-0.39, 0.29) is 6.04 Å². The zero-order chi connectivity index (χ0) is 14.8. The fraction of sp³-hybridized carbons (Fsp3) is 0.412. The van der Waals surface area contributed by atoms with Crippen LogP contribution in [0.15, 0.2) is 36.4 Å². The normalized spacial score (nSPS) is 18.5. The molecule has 0 aliphatic carbocycles. The summed E-state index contributed by atoms with van der Waals surface area (Å²) in [5.74, 6) is 2.18. The third kappa shape index (κ3) is 3.05. The highest BCUT2D eigenvalue weighted by molar-refractivity contribution is 5.58. The van der Waals surface area contributed by atoms with Gasteiger partial charge in [0.25, 0.3) is 0 Å². The van der Waals surface area contributed by atoms with Crippen LogP contribution in [0.5, 0.6) is 0 Å². The molecule has 21 heavy (non-hydrogen) atoms. The Morgan fingerprint density at radius 1 is 1.19 bits per heavy atom. The summed E-state index contributed by atoms with van der Waals surface area (Å²) in [6, 6.07) is 12.5. The number of benzene rings is 1. The quantitative estimate of drug-likeness (QED) is 0.940. The van der Waals surface area contributed by atoms with Crippen LogP contribution in [-0.2, 0) is 0 Å². The first kappa shape index (κ1) is 14.0. The van der Waals surface area contributed by atoms with Crippen molar-refractivity contribution in [3.63, 3.8) is 0 Å². The van der Waals surface area contributed by atoms with Crippen molar-refractivity contribution in [2.24, 2.45) is 5.73 Å². The van der Waals surface area contributed by atoms with E-state index in [1.54, 1.807) is 0 Å². The topological polar surface area (TPSA) is 55.0 Å². The van der Waals surface area contributed by atoms with Crippen molar-refractivity contribution in [2.75, 3.05) is 18.0 Å². The summed E-state index contributed by atoms with van der Waals surface area (Å²) in [7, 11) is 0. The van der Waals surface area contributed by atoms with Crippen molar-refractivity contribution in [1.82, 2.24) is 9.97 Å². The minimum Gasteiger partial charge on any atom is -0.355 e. The highest BCUT2D eigenvalue weighted by Crippen LogP contribution is 2.25. The monoisotopic (exact) mass is 282 g/mol. The molecule has 0 bridgehead atoms. The summed E-state index contributed by atoms with van der Waals surface area (Å²) < 4.78 is 0. The van der Waals surface area contributed by atoms with E-state index in [0.29, 0.717) is 5.92 Å². The van der Waals surface area contributed by atoms with Gasteiger partial charge in [0.1, 0.15) is 5.82 Å². The standard InChI is InChI=1S/C17H22N4/c1-12(2)15-10-16(21-9-8-14(18)11-21)20-17(19-15)13-6-4-3-5-7-13/h3-7,10,12,14H,8-9,11,18H2,1-2H3. The van der Waals surface area contributed by atoms with E-state index in [1.807, 2.05) is 18.2 Å². The molecule has 2 N–H and O–H groups in total. The highest BCUT2D eigenvalue weighted by atomic mass is 15.2. The average molecular weight is 282 g/mol. The predicted molar refractivity (Wildman–Crippen MR) is 86.4 cm³/mol. The number of anilines is 1. The SMILES string of the molecule is CC(C)c1cc(N2CCC(N)C2)nc(-c2ccccc2)n1. The zero-order valence-corrected chi connectivity index (χ0v) is 12.7. The van der Waals surface area contributed by atoms with Crippen molar-refractivity contribution >= 4 is 5.82 Å². The maximum Gasteiger partial charge on any atom is 0.161 e. The molecule has 0 radical (unpaired) electrons. The molecule has 1 aliphatic heterocycles. The Hall–Kier alpha value is -1.94. The van der Waals surface area contributed by atoms with Crippen molar-refractivity contribution in [2.45, 2.75) is 32.2 Å². The second-order valence-electron chi connectivity index (χ2n) is 5.99. The largest absolute Gasteiger partial charge is 0.355 e. The van der Waals surface area contributed by atoms with Crippen LogP contribution >= 0.6 is 0 Å². The van der Waals surface area contributed by atoms with Gasteiger partial charge in [0, 0.05) is 36.5 Å². The van der Waals surface area contributed by atoms with Gasteiger partial charge in [0.2, 0.25) is 0 Å². The van der Waals surface area contributed by atoms with Gasteiger partial charge in [-0.05, 0) is 12.3 Å². The van der Waals surface area contributed by atoms with Gasteiger partial charge in [0.15, 0.2) is 5.82 Å². The minimum absolute atomic E-state index is 0.252.